The van der Waals surface area contributed by atoms with Crippen LogP contribution < -0.4 is 4.74 Å². The van der Waals surface area contributed by atoms with Gasteiger partial charge < -0.3 is 4.74 Å². The van der Waals surface area contributed by atoms with Crippen LogP contribution in [0.15, 0.2) is 53.4 Å². The fourth-order valence-electron chi connectivity index (χ4n) is 2.04. The summed E-state index contributed by atoms with van der Waals surface area (Å²) < 4.78 is 42.7. The zero-order chi connectivity index (χ0) is 17.7. The van der Waals surface area contributed by atoms with Crippen LogP contribution in [-0.4, -0.2) is 19.1 Å². The Labute approximate surface area is 142 Å². The van der Waals surface area contributed by atoms with E-state index in [0.717, 1.165) is 17.0 Å². The normalized spacial score (nSPS) is 11.7. The predicted octanol–water partition coefficient (Wildman–Crippen LogP) is 5.33. The van der Waals surface area contributed by atoms with E-state index in [0.29, 0.717) is 16.9 Å². The number of hydrogen-bond donors (Lipinski definition) is 0. The molecule has 2 rings (SSSR count). The summed E-state index contributed by atoms with van der Waals surface area (Å²) in [7, 11) is 1.53. The largest absolute Gasteiger partial charge is 0.496 e. The lowest BCUT2D eigenvalue weighted by Crippen LogP contribution is -2.04. The molecule has 6 heteroatoms. The molecule has 126 valence electrons. The predicted molar refractivity (Wildman–Crippen MR) is 89.6 cm³/mol. The highest BCUT2D eigenvalue weighted by atomic mass is 32.2. The van der Waals surface area contributed by atoms with Crippen LogP contribution >= 0.6 is 11.8 Å². The second-order valence-corrected chi connectivity index (χ2v) is 5.74. The van der Waals surface area contributed by atoms with Gasteiger partial charge in [0.25, 0.3) is 0 Å². The van der Waals surface area contributed by atoms with E-state index >= 15 is 0 Å². The lowest BCUT2D eigenvalue weighted by atomic mass is 10.1. The molecule has 2 aromatic rings. The molecule has 0 aromatic heterocycles. The first-order valence-electron chi connectivity index (χ1n) is 6.97. The van der Waals surface area contributed by atoms with Crippen molar-refractivity contribution in [1.29, 1.82) is 0 Å². The van der Waals surface area contributed by atoms with E-state index in [-0.39, 0.29) is 5.78 Å². The third-order valence-electron chi connectivity index (χ3n) is 3.33. The summed E-state index contributed by atoms with van der Waals surface area (Å²) in [6.45, 7) is 0. The van der Waals surface area contributed by atoms with Crippen LogP contribution in [-0.2, 0) is 6.18 Å². The Hall–Kier alpha value is -2.21. The summed E-state index contributed by atoms with van der Waals surface area (Å²) in [4.78, 5) is 13.1. The number of halogens is 3. The summed E-state index contributed by atoms with van der Waals surface area (Å²) >= 11 is 1.51. The molecule has 0 saturated heterocycles. The molecule has 0 unspecified atom stereocenters. The molecule has 24 heavy (non-hydrogen) atoms. The highest BCUT2D eigenvalue weighted by Gasteiger charge is 2.29. The Kier molecular flexibility index (Phi) is 5.72. The Bertz CT molecular complexity index is 750. The number of carbonyl (C=O) groups is 1. The quantitative estimate of drug-likeness (QED) is 0.413. The number of benzene rings is 2. The van der Waals surface area contributed by atoms with Crippen LogP contribution in [0.2, 0.25) is 0 Å². The van der Waals surface area contributed by atoms with E-state index in [9.17, 15) is 18.0 Å². The van der Waals surface area contributed by atoms with Crippen molar-refractivity contribution < 1.29 is 22.7 Å². The van der Waals surface area contributed by atoms with Crippen molar-refractivity contribution in [2.45, 2.75) is 11.1 Å². The van der Waals surface area contributed by atoms with Crippen molar-refractivity contribution in [3.63, 3.8) is 0 Å². The van der Waals surface area contributed by atoms with E-state index in [1.165, 1.54) is 43.2 Å². The van der Waals surface area contributed by atoms with Crippen molar-refractivity contribution in [3.8, 4) is 5.75 Å². The number of thioether (sulfide) groups is 1. The standard InChI is InChI=1S/C18H15F3O2S/c1-23-16-11-13(6-10-17(16)24-2)15(22)9-5-12-3-7-14(8-4-12)18(19,20)21/h3-11H,1-2H3/b9-5+. The maximum atomic E-state index is 12.5. The van der Waals surface area contributed by atoms with Gasteiger partial charge in [0.1, 0.15) is 5.75 Å². The van der Waals surface area contributed by atoms with Gasteiger partial charge in [0.05, 0.1) is 12.7 Å². The average molecular weight is 352 g/mol. The van der Waals surface area contributed by atoms with Gasteiger partial charge in [-0.1, -0.05) is 18.2 Å². The molecule has 0 radical (unpaired) electrons. The van der Waals surface area contributed by atoms with Crippen molar-refractivity contribution in [2.75, 3.05) is 13.4 Å². The Morgan fingerprint density at radius 2 is 1.79 bits per heavy atom. The lowest BCUT2D eigenvalue weighted by Gasteiger charge is -2.07. The molecule has 0 heterocycles. The van der Waals surface area contributed by atoms with Crippen molar-refractivity contribution in [1.82, 2.24) is 0 Å². The van der Waals surface area contributed by atoms with Gasteiger partial charge in [0.15, 0.2) is 5.78 Å². The first-order chi connectivity index (χ1) is 11.3. The zero-order valence-electron chi connectivity index (χ0n) is 13.1. The van der Waals surface area contributed by atoms with Gasteiger partial charge in [0.2, 0.25) is 0 Å². The van der Waals surface area contributed by atoms with Gasteiger partial charge in [-0.15, -0.1) is 11.8 Å². The zero-order valence-corrected chi connectivity index (χ0v) is 13.9. The molecule has 2 nitrogen and oxygen atoms in total. The number of methoxy groups -OCH3 is 1. The summed E-state index contributed by atoms with van der Waals surface area (Å²) in [5, 5.41) is 0. The summed E-state index contributed by atoms with van der Waals surface area (Å²) in [5.74, 6) is 0.358. The van der Waals surface area contributed by atoms with Gasteiger partial charge in [-0.3, -0.25) is 4.79 Å². The van der Waals surface area contributed by atoms with Gasteiger partial charge in [0, 0.05) is 10.5 Å². The van der Waals surface area contributed by atoms with E-state index in [1.807, 2.05) is 6.26 Å². The van der Waals surface area contributed by atoms with Gasteiger partial charge in [-0.2, -0.15) is 13.2 Å². The highest BCUT2D eigenvalue weighted by Crippen LogP contribution is 2.30. The molecule has 0 saturated carbocycles. The number of ketones is 1. The summed E-state index contributed by atoms with van der Waals surface area (Å²) in [5.41, 5.74) is 0.250. The molecule has 0 spiro atoms. The number of ether oxygens (including phenoxy) is 1. The Morgan fingerprint density at radius 3 is 2.33 bits per heavy atom. The molecule has 0 aliphatic carbocycles. The number of hydrogen-bond acceptors (Lipinski definition) is 3. The van der Waals surface area contributed by atoms with Crippen molar-refractivity contribution >= 4 is 23.6 Å². The van der Waals surface area contributed by atoms with Gasteiger partial charge in [-0.25, -0.2) is 0 Å². The van der Waals surface area contributed by atoms with Crippen LogP contribution in [0.1, 0.15) is 21.5 Å². The monoisotopic (exact) mass is 352 g/mol. The second kappa shape index (κ2) is 7.57. The first-order valence-corrected chi connectivity index (χ1v) is 8.19. The Balaban J connectivity index is 2.15. The van der Waals surface area contributed by atoms with E-state index in [2.05, 4.69) is 0 Å². The lowest BCUT2D eigenvalue weighted by molar-refractivity contribution is -0.137. The topological polar surface area (TPSA) is 26.3 Å². The smallest absolute Gasteiger partial charge is 0.416 e. The number of carbonyl (C=O) groups excluding carboxylic acids is 1. The van der Waals surface area contributed by atoms with Crippen molar-refractivity contribution in [3.05, 3.63) is 65.2 Å². The SMILES string of the molecule is COc1cc(C(=O)/C=C/c2ccc(C(F)(F)F)cc2)ccc1SC. The number of allylic oxidation sites excluding steroid dienone is 1. The molecule has 0 fully saturated rings. The molecule has 2 aromatic carbocycles. The molecular weight excluding hydrogens is 337 g/mol. The number of alkyl halides is 3. The molecule has 0 N–H and O–H groups in total. The summed E-state index contributed by atoms with van der Waals surface area (Å²) in [6.07, 6.45) is 0.352. The van der Waals surface area contributed by atoms with Crippen LogP contribution in [0.5, 0.6) is 5.75 Å². The van der Waals surface area contributed by atoms with Gasteiger partial charge >= 0.3 is 6.18 Å². The first kappa shape index (κ1) is 18.1. The molecule has 0 bridgehead atoms. The fourth-order valence-corrected chi connectivity index (χ4v) is 2.59. The van der Waals surface area contributed by atoms with E-state index < -0.39 is 11.7 Å². The average Bonchev–Trinajstić information content (AvgIpc) is 2.58. The van der Waals surface area contributed by atoms with Crippen molar-refractivity contribution in [2.24, 2.45) is 0 Å². The molecule has 0 atom stereocenters. The third kappa shape index (κ3) is 4.41. The minimum Gasteiger partial charge on any atom is -0.496 e. The second-order valence-electron chi connectivity index (χ2n) is 4.89. The van der Waals surface area contributed by atoms with Crippen LogP contribution in [0.4, 0.5) is 13.2 Å². The minimum absolute atomic E-state index is 0.249. The molecule has 0 amide bonds. The van der Waals surface area contributed by atoms with Crippen LogP contribution in [0.3, 0.4) is 0 Å². The van der Waals surface area contributed by atoms with Crippen LogP contribution in [0, 0.1) is 0 Å². The molecule has 0 aliphatic rings. The Morgan fingerprint density at radius 1 is 1.12 bits per heavy atom. The molecule has 0 aliphatic heterocycles. The van der Waals surface area contributed by atoms with Crippen LogP contribution in [0.25, 0.3) is 6.08 Å². The molecular formula is C18H15F3O2S. The van der Waals surface area contributed by atoms with Gasteiger partial charge in [-0.05, 0) is 48.2 Å². The summed E-state index contributed by atoms with van der Waals surface area (Å²) in [6, 6.07) is 9.75. The third-order valence-corrected chi connectivity index (χ3v) is 4.11. The number of rotatable bonds is 5. The minimum atomic E-state index is -4.37. The van der Waals surface area contributed by atoms with E-state index in [4.69, 9.17) is 4.74 Å². The highest BCUT2D eigenvalue weighted by molar-refractivity contribution is 7.98. The van der Waals surface area contributed by atoms with E-state index in [1.54, 1.807) is 18.2 Å². The maximum Gasteiger partial charge on any atom is 0.416 e. The fraction of sp³-hybridized carbons (Fsp3) is 0.167. The maximum absolute atomic E-state index is 12.5.